The Bertz CT molecular complexity index is 872. The lowest BCUT2D eigenvalue weighted by atomic mass is 10.2. The monoisotopic (exact) mass is 358 g/mol. The fraction of sp³-hybridized carbons (Fsp3) is 0.500. The predicted octanol–water partition coefficient (Wildman–Crippen LogP) is 0.570. The number of hydrogen-bond acceptors (Lipinski definition) is 8. The number of aromatic nitrogens is 3. The zero-order valence-electron chi connectivity index (χ0n) is 12.0. The molecule has 4 N–H and O–H groups in total. The van der Waals surface area contributed by atoms with Crippen molar-refractivity contribution in [3.8, 4) is 0 Å². The molecule has 1 saturated heterocycles. The number of aromatic amines is 1. The number of nitrogens with one attached hydrogen (secondary N) is 1. The highest BCUT2D eigenvalue weighted by atomic mass is 32.2. The van der Waals surface area contributed by atoms with Crippen molar-refractivity contribution in [2.24, 2.45) is 0 Å². The van der Waals surface area contributed by atoms with Gasteiger partial charge in [-0.05, 0) is 6.42 Å². The molecule has 23 heavy (non-hydrogen) atoms. The Morgan fingerprint density at radius 2 is 2.26 bits per heavy atom. The number of nitrogens with two attached hydrogens (primary N) is 1. The van der Waals surface area contributed by atoms with Crippen molar-refractivity contribution in [3.05, 3.63) is 20.0 Å². The molecule has 0 aromatic carbocycles. The van der Waals surface area contributed by atoms with Gasteiger partial charge in [-0.1, -0.05) is 18.3 Å². The molecular formula is C12H14N4O5S2. The number of anilines is 1. The van der Waals surface area contributed by atoms with Gasteiger partial charge in [0.2, 0.25) is 5.95 Å². The summed E-state index contributed by atoms with van der Waals surface area (Å²) in [5.74, 6) is -1.09. The molecule has 3 atom stereocenters. The largest absolute Gasteiger partial charge is 0.481 e. The van der Waals surface area contributed by atoms with Crippen LogP contribution in [0.4, 0.5) is 5.95 Å². The lowest BCUT2D eigenvalue weighted by molar-refractivity contribution is -0.137. The Labute approximate surface area is 137 Å². The van der Waals surface area contributed by atoms with Crippen LogP contribution in [0.1, 0.15) is 26.0 Å². The van der Waals surface area contributed by atoms with E-state index in [0.29, 0.717) is 6.42 Å². The summed E-state index contributed by atoms with van der Waals surface area (Å²) in [7, 11) is 0. The van der Waals surface area contributed by atoms with Crippen molar-refractivity contribution in [1.82, 2.24) is 14.5 Å². The lowest BCUT2D eigenvalue weighted by Crippen LogP contribution is -2.28. The van der Waals surface area contributed by atoms with Crippen molar-refractivity contribution >= 4 is 45.4 Å². The maximum atomic E-state index is 12.3. The van der Waals surface area contributed by atoms with Gasteiger partial charge in [-0.25, -0.2) is 0 Å². The molecule has 124 valence electrons. The molecule has 3 heterocycles. The molecule has 0 bridgehead atoms. The number of ether oxygens (including phenoxy) is 1. The number of fused-ring (bicyclic) bond motifs is 1. The van der Waals surface area contributed by atoms with Crippen LogP contribution in [0.15, 0.2) is 9.59 Å². The van der Waals surface area contributed by atoms with Gasteiger partial charge in [0, 0.05) is 0 Å². The molecule has 1 fully saturated rings. The van der Waals surface area contributed by atoms with Crippen LogP contribution in [0.5, 0.6) is 0 Å². The zero-order valence-corrected chi connectivity index (χ0v) is 13.6. The highest BCUT2D eigenvalue weighted by Gasteiger charge is 2.39. The number of H-pyrrole nitrogens is 1. The fourth-order valence-electron chi connectivity index (χ4n) is 2.45. The fourth-order valence-corrected chi connectivity index (χ4v) is 4.61. The summed E-state index contributed by atoms with van der Waals surface area (Å²) < 4.78 is 7.20. The van der Waals surface area contributed by atoms with Crippen molar-refractivity contribution in [2.45, 2.75) is 36.7 Å². The van der Waals surface area contributed by atoms with Gasteiger partial charge < -0.3 is 15.6 Å². The first kappa shape index (κ1) is 16.0. The molecule has 3 unspecified atom stereocenters. The van der Waals surface area contributed by atoms with E-state index in [9.17, 15) is 14.4 Å². The summed E-state index contributed by atoms with van der Waals surface area (Å²) in [6, 6.07) is 0. The molecule has 0 spiro atoms. The Kier molecular flexibility index (Phi) is 4.17. The number of thioether (sulfide) groups is 1. The second kappa shape index (κ2) is 5.98. The molecule has 0 aliphatic carbocycles. The van der Waals surface area contributed by atoms with E-state index in [2.05, 4.69) is 9.97 Å². The van der Waals surface area contributed by atoms with Gasteiger partial charge in [0.1, 0.15) is 10.1 Å². The van der Waals surface area contributed by atoms with Crippen LogP contribution in [-0.4, -0.2) is 36.3 Å². The highest BCUT2D eigenvalue weighted by molar-refractivity contribution is 8.00. The molecule has 0 saturated carbocycles. The number of nitrogen functional groups attached to an aromatic ring is 1. The second-order valence-corrected chi connectivity index (χ2v) is 7.34. The third-order valence-corrected chi connectivity index (χ3v) is 5.83. The van der Waals surface area contributed by atoms with Crippen LogP contribution in [0.2, 0.25) is 0 Å². The Morgan fingerprint density at radius 3 is 2.91 bits per heavy atom. The molecule has 2 aromatic heterocycles. The average Bonchev–Trinajstić information content (AvgIpc) is 2.99. The van der Waals surface area contributed by atoms with Gasteiger partial charge in [0.25, 0.3) is 5.56 Å². The van der Waals surface area contributed by atoms with Gasteiger partial charge in [-0.3, -0.25) is 23.9 Å². The Morgan fingerprint density at radius 1 is 1.52 bits per heavy atom. The van der Waals surface area contributed by atoms with Crippen molar-refractivity contribution in [2.75, 3.05) is 5.73 Å². The summed E-state index contributed by atoms with van der Waals surface area (Å²) in [6.45, 7) is 1.91. The number of hydrogen-bond donors (Lipinski definition) is 3. The second-order valence-electron chi connectivity index (χ2n) is 4.98. The van der Waals surface area contributed by atoms with E-state index >= 15 is 0 Å². The summed E-state index contributed by atoms with van der Waals surface area (Å²) in [5.41, 5.74) is 4.96. The van der Waals surface area contributed by atoms with E-state index in [-0.39, 0.29) is 28.2 Å². The molecule has 2 aromatic rings. The van der Waals surface area contributed by atoms with Gasteiger partial charge >= 0.3 is 10.8 Å². The van der Waals surface area contributed by atoms with Gasteiger partial charge in [-0.15, -0.1) is 11.8 Å². The average molecular weight is 358 g/mol. The quantitative estimate of drug-likeness (QED) is 0.720. The first-order valence-corrected chi connectivity index (χ1v) is 8.60. The molecule has 9 nitrogen and oxygen atoms in total. The SMILES string of the molecule is CCC1OC(n2c(=O)sc3c(=O)[nH]c(N)nc32)C(CC(=O)O)S1. The maximum Gasteiger partial charge on any atom is 0.311 e. The van der Waals surface area contributed by atoms with Gasteiger partial charge in [0.05, 0.1) is 11.7 Å². The molecular weight excluding hydrogens is 344 g/mol. The third-order valence-electron chi connectivity index (χ3n) is 3.39. The summed E-state index contributed by atoms with van der Waals surface area (Å²) in [6.07, 6.45) is -0.283. The minimum atomic E-state index is -0.981. The summed E-state index contributed by atoms with van der Waals surface area (Å²) >= 11 is 2.11. The number of thiazole rings is 1. The van der Waals surface area contributed by atoms with E-state index in [0.717, 1.165) is 11.3 Å². The van der Waals surface area contributed by atoms with Crippen molar-refractivity contribution < 1.29 is 14.6 Å². The van der Waals surface area contributed by atoms with Crippen LogP contribution >= 0.6 is 23.1 Å². The van der Waals surface area contributed by atoms with E-state index in [1.807, 2.05) is 6.92 Å². The zero-order chi connectivity index (χ0) is 16.7. The van der Waals surface area contributed by atoms with E-state index in [4.69, 9.17) is 15.6 Å². The first-order valence-electron chi connectivity index (χ1n) is 6.84. The van der Waals surface area contributed by atoms with E-state index < -0.39 is 27.9 Å². The lowest BCUT2D eigenvalue weighted by Gasteiger charge is -2.17. The van der Waals surface area contributed by atoms with Crippen molar-refractivity contribution in [1.29, 1.82) is 0 Å². The molecule has 1 aliphatic heterocycles. The Hall–Kier alpha value is -1.85. The number of nitrogens with zero attached hydrogens (tertiary/aromatic N) is 2. The smallest absolute Gasteiger partial charge is 0.311 e. The van der Waals surface area contributed by atoms with Gasteiger partial charge in [-0.2, -0.15) is 4.98 Å². The maximum absolute atomic E-state index is 12.3. The Balaban J connectivity index is 2.14. The van der Waals surface area contributed by atoms with Gasteiger partial charge in [0.15, 0.2) is 11.9 Å². The number of carbonyl (C=O) groups is 1. The molecule has 0 radical (unpaired) electrons. The van der Waals surface area contributed by atoms with Crippen molar-refractivity contribution in [3.63, 3.8) is 0 Å². The summed E-state index contributed by atoms with van der Waals surface area (Å²) in [5, 5.41) is 8.63. The van der Waals surface area contributed by atoms with E-state index in [1.165, 1.54) is 16.3 Å². The van der Waals surface area contributed by atoms with Crippen LogP contribution in [0, 0.1) is 0 Å². The minimum Gasteiger partial charge on any atom is -0.481 e. The molecule has 0 amide bonds. The molecule has 3 rings (SSSR count). The van der Waals surface area contributed by atoms with Crippen LogP contribution in [0.25, 0.3) is 10.3 Å². The van der Waals surface area contributed by atoms with Crippen LogP contribution in [0.3, 0.4) is 0 Å². The number of rotatable bonds is 4. The first-order chi connectivity index (χ1) is 10.9. The third kappa shape index (κ3) is 2.86. The number of aliphatic carboxylic acids is 1. The minimum absolute atomic E-state index is 0.110. The normalized spacial score (nSPS) is 24.3. The number of carboxylic acid groups (broad SMARTS) is 1. The standard InChI is InChI=1S/C12H14N4O5S2/c1-2-6-21-10(4(22-6)3-5(17)18)16-8-7(23-12(16)20)9(19)15-11(13)14-8/h4,6,10H,2-3H2,1H3,(H,17,18)(H3,13,14,15,19). The molecule has 11 heteroatoms. The molecule has 1 aliphatic rings. The number of carboxylic acids is 1. The van der Waals surface area contributed by atoms with Crippen LogP contribution < -0.4 is 16.2 Å². The van der Waals surface area contributed by atoms with E-state index in [1.54, 1.807) is 0 Å². The highest BCUT2D eigenvalue weighted by Crippen LogP contribution is 2.42. The summed E-state index contributed by atoms with van der Waals surface area (Å²) in [4.78, 5) is 41.2. The topological polar surface area (TPSA) is 140 Å². The predicted molar refractivity (Wildman–Crippen MR) is 86.7 cm³/mol. The van der Waals surface area contributed by atoms with Crippen LogP contribution in [-0.2, 0) is 9.53 Å².